The van der Waals surface area contributed by atoms with Crippen LogP contribution in [0.15, 0.2) is 40.7 Å². The van der Waals surface area contributed by atoms with Gasteiger partial charge in [0.2, 0.25) is 0 Å². The normalized spacial score (nSPS) is 25.5. The first-order chi connectivity index (χ1) is 11.9. The lowest BCUT2D eigenvalue weighted by Gasteiger charge is -2.33. The Kier molecular flexibility index (Phi) is 4.76. The van der Waals surface area contributed by atoms with Crippen molar-refractivity contribution < 1.29 is 19.7 Å². The summed E-state index contributed by atoms with van der Waals surface area (Å²) in [5.41, 5.74) is 6.46. The Labute approximate surface area is 145 Å². The number of amides is 1. The van der Waals surface area contributed by atoms with Gasteiger partial charge in [0.25, 0.3) is 11.8 Å². The number of carbonyl (C=O) groups is 1. The predicted octanol–water partition coefficient (Wildman–Crippen LogP) is 0.111. The maximum absolute atomic E-state index is 11.4. The van der Waals surface area contributed by atoms with E-state index in [-0.39, 0.29) is 11.7 Å². The quantitative estimate of drug-likeness (QED) is 0.614. The van der Waals surface area contributed by atoms with Crippen LogP contribution in [0.4, 0.5) is 0 Å². The first-order valence-corrected chi connectivity index (χ1v) is 8.12. The van der Waals surface area contributed by atoms with Crippen LogP contribution >= 0.6 is 0 Å². The number of aliphatic imine (C=N–C) groups is 1. The fourth-order valence-electron chi connectivity index (χ4n) is 2.99. The van der Waals surface area contributed by atoms with Crippen molar-refractivity contribution in [1.82, 2.24) is 10.2 Å². The average molecular weight is 346 g/mol. The smallest absolute Gasteiger partial charge is 0.268 e. The molecule has 0 radical (unpaired) electrons. The Balaban J connectivity index is 1.78. The summed E-state index contributed by atoms with van der Waals surface area (Å²) >= 11 is 0. The molecule has 8 nitrogen and oxygen atoms in total. The molecule has 1 aromatic rings. The minimum absolute atomic E-state index is 0.223. The summed E-state index contributed by atoms with van der Waals surface area (Å²) in [6.45, 7) is 5.34. The van der Waals surface area contributed by atoms with Gasteiger partial charge >= 0.3 is 0 Å². The molecule has 1 aromatic carbocycles. The fourth-order valence-corrected chi connectivity index (χ4v) is 2.99. The number of morpholine rings is 1. The Morgan fingerprint density at radius 3 is 2.60 bits per heavy atom. The third kappa shape index (κ3) is 3.51. The maximum Gasteiger partial charge on any atom is 0.268 e. The molecule has 2 unspecified atom stereocenters. The van der Waals surface area contributed by atoms with Gasteiger partial charge in [0, 0.05) is 24.7 Å². The molecule has 2 atom stereocenters. The Hall–Kier alpha value is -2.42. The number of allylic oxidation sites excluding steroid dienone is 1. The predicted molar refractivity (Wildman–Crippen MR) is 91.6 cm³/mol. The number of ether oxygens (including phenoxy) is 1. The maximum atomic E-state index is 11.4. The highest BCUT2D eigenvalue weighted by Crippen LogP contribution is 2.27. The van der Waals surface area contributed by atoms with Crippen molar-refractivity contribution in [2.45, 2.75) is 18.8 Å². The highest BCUT2D eigenvalue weighted by molar-refractivity contribution is 5.98. The van der Waals surface area contributed by atoms with E-state index in [2.05, 4.69) is 22.1 Å². The zero-order valence-electron chi connectivity index (χ0n) is 14.0. The highest BCUT2D eigenvalue weighted by Gasteiger charge is 2.34. The van der Waals surface area contributed by atoms with E-state index >= 15 is 0 Å². The summed E-state index contributed by atoms with van der Waals surface area (Å²) in [6, 6.07) is 7.51. The van der Waals surface area contributed by atoms with Gasteiger partial charge in [-0.3, -0.25) is 9.69 Å². The molecular formula is C17H22N4O4. The van der Waals surface area contributed by atoms with E-state index in [0.717, 1.165) is 38.1 Å². The molecule has 134 valence electrons. The van der Waals surface area contributed by atoms with Crippen LogP contribution in [0, 0.1) is 0 Å². The molecule has 2 aliphatic rings. The lowest BCUT2D eigenvalue weighted by molar-refractivity contribution is -0.116. The SMILES string of the molecule is CC(c1ccc(C2(O)N=CC(O)=C(C(N)=O)N2)cc1)N1CCOCC1. The molecule has 3 rings (SSSR count). The molecule has 2 aliphatic heterocycles. The molecule has 1 saturated heterocycles. The molecule has 2 heterocycles. The number of hydrogen-bond donors (Lipinski definition) is 4. The van der Waals surface area contributed by atoms with Crippen molar-refractivity contribution in [2.75, 3.05) is 26.3 Å². The van der Waals surface area contributed by atoms with Crippen molar-refractivity contribution in [2.24, 2.45) is 10.7 Å². The van der Waals surface area contributed by atoms with Crippen molar-refractivity contribution in [3.63, 3.8) is 0 Å². The molecule has 5 N–H and O–H groups in total. The number of benzene rings is 1. The molecule has 0 aliphatic carbocycles. The minimum Gasteiger partial charge on any atom is -0.504 e. The second-order valence-electron chi connectivity index (χ2n) is 6.13. The zero-order valence-corrected chi connectivity index (χ0v) is 14.0. The number of carbonyl (C=O) groups excluding carboxylic acids is 1. The number of primary amides is 1. The highest BCUT2D eigenvalue weighted by atomic mass is 16.5. The summed E-state index contributed by atoms with van der Waals surface area (Å²) in [4.78, 5) is 17.6. The van der Waals surface area contributed by atoms with Crippen molar-refractivity contribution in [3.05, 3.63) is 46.8 Å². The van der Waals surface area contributed by atoms with Gasteiger partial charge in [-0.25, -0.2) is 4.99 Å². The number of aliphatic hydroxyl groups excluding tert-OH is 1. The molecule has 1 fully saturated rings. The molecule has 0 bridgehead atoms. The van der Waals surface area contributed by atoms with E-state index in [9.17, 15) is 15.0 Å². The number of hydrogen-bond acceptors (Lipinski definition) is 7. The third-order valence-electron chi connectivity index (χ3n) is 4.56. The molecule has 0 saturated carbocycles. The van der Waals surface area contributed by atoms with Gasteiger partial charge < -0.3 is 26.0 Å². The Bertz CT molecular complexity index is 710. The van der Waals surface area contributed by atoms with Crippen LogP contribution in [-0.2, 0) is 15.4 Å². The molecule has 0 aromatic heterocycles. The fraction of sp³-hybridized carbons (Fsp3) is 0.412. The monoisotopic (exact) mass is 346 g/mol. The lowest BCUT2D eigenvalue weighted by atomic mass is 10.0. The summed E-state index contributed by atoms with van der Waals surface area (Å²) in [5, 5.41) is 22.8. The number of nitrogens with two attached hydrogens (primary N) is 1. The van der Waals surface area contributed by atoms with Gasteiger partial charge in [0.15, 0.2) is 5.76 Å². The lowest BCUT2D eigenvalue weighted by Crippen LogP contribution is -2.46. The van der Waals surface area contributed by atoms with Crippen LogP contribution in [0.25, 0.3) is 0 Å². The van der Waals surface area contributed by atoms with Gasteiger partial charge in [-0.2, -0.15) is 0 Å². The van der Waals surface area contributed by atoms with Crippen LogP contribution in [0.1, 0.15) is 24.1 Å². The van der Waals surface area contributed by atoms with Crippen LogP contribution in [0.3, 0.4) is 0 Å². The van der Waals surface area contributed by atoms with Crippen molar-refractivity contribution in [1.29, 1.82) is 0 Å². The van der Waals surface area contributed by atoms with E-state index < -0.39 is 17.5 Å². The number of rotatable bonds is 4. The van der Waals surface area contributed by atoms with E-state index in [4.69, 9.17) is 10.5 Å². The van der Waals surface area contributed by atoms with Crippen molar-refractivity contribution in [3.8, 4) is 0 Å². The van der Waals surface area contributed by atoms with Gasteiger partial charge in [-0.15, -0.1) is 0 Å². The number of nitrogens with one attached hydrogen (secondary N) is 1. The average Bonchev–Trinajstić information content (AvgIpc) is 2.64. The van der Waals surface area contributed by atoms with E-state index in [1.54, 1.807) is 12.1 Å². The van der Waals surface area contributed by atoms with E-state index in [0.29, 0.717) is 5.56 Å². The van der Waals surface area contributed by atoms with Crippen LogP contribution < -0.4 is 11.1 Å². The summed E-state index contributed by atoms with van der Waals surface area (Å²) in [5.74, 6) is -3.13. The summed E-state index contributed by atoms with van der Waals surface area (Å²) in [7, 11) is 0. The van der Waals surface area contributed by atoms with Gasteiger partial charge in [-0.1, -0.05) is 24.3 Å². The largest absolute Gasteiger partial charge is 0.504 e. The van der Waals surface area contributed by atoms with Crippen LogP contribution in [0.2, 0.25) is 0 Å². The molecule has 1 amide bonds. The van der Waals surface area contributed by atoms with Gasteiger partial charge in [0.05, 0.1) is 19.4 Å². The van der Waals surface area contributed by atoms with Gasteiger partial charge in [-0.05, 0) is 12.5 Å². The first-order valence-electron chi connectivity index (χ1n) is 8.12. The molecular weight excluding hydrogens is 324 g/mol. The van der Waals surface area contributed by atoms with Crippen molar-refractivity contribution >= 4 is 12.1 Å². The van der Waals surface area contributed by atoms with E-state index in [1.165, 1.54) is 0 Å². The number of nitrogens with zero attached hydrogens (tertiary/aromatic N) is 2. The summed E-state index contributed by atoms with van der Waals surface area (Å²) < 4.78 is 5.37. The molecule has 25 heavy (non-hydrogen) atoms. The topological polar surface area (TPSA) is 120 Å². The van der Waals surface area contributed by atoms with Gasteiger partial charge in [0.1, 0.15) is 5.70 Å². The Morgan fingerprint density at radius 2 is 2.00 bits per heavy atom. The summed E-state index contributed by atoms with van der Waals surface area (Å²) in [6.07, 6.45) is 1.01. The van der Waals surface area contributed by atoms with Crippen LogP contribution in [0.5, 0.6) is 0 Å². The molecule has 8 heteroatoms. The number of aliphatic hydroxyl groups is 2. The standard InChI is InChI=1S/C17H22N4O4/c1-11(21-6-8-25-9-7-21)12-2-4-13(5-3-12)17(24)19-10-14(22)15(20-17)16(18)23/h2-5,10-11,20,22,24H,6-9H2,1H3,(H2,18,23). The second kappa shape index (κ2) is 6.83. The minimum atomic E-state index is -1.85. The van der Waals surface area contributed by atoms with E-state index in [1.807, 2.05) is 12.1 Å². The second-order valence-corrected chi connectivity index (χ2v) is 6.13. The molecule has 0 spiro atoms. The third-order valence-corrected chi connectivity index (χ3v) is 4.56. The Morgan fingerprint density at radius 1 is 1.36 bits per heavy atom. The first kappa shape index (κ1) is 17.4. The zero-order chi connectivity index (χ0) is 18.0. The van der Waals surface area contributed by atoms with Crippen LogP contribution in [-0.4, -0.2) is 53.5 Å².